The van der Waals surface area contributed by atoms with Gasteiger partial charge in [0.05, 0.1) is 17.5 Å². The van der Waals surface area contributed by atoms with Gasteiger partial charge in [-0.05, 0) is 66.3 Å². The molecule has 38 heavy (non-hydrogen) atoms. The summed E-state index contributed by atoms with van der Waals surface area (Å²) in [6.07, 6.45) is 1.36. The maximum Gasteiger partial charge on any atom is 0.277 e. The zero-order chi connectivity index (χ0) is 26.2. The summed E-state index contributed by atoms with van der Waals surface area (Å²) >= 11 is 0. The summed E-state index contributed by atoms with van der Waals surface area (Å²) < 4.78 is 1.78. The average molecular weight is 508 g/mol. The minimum atomic E-state index is -0.228. The molecule has 3 N–H and O–H groups in total. The molecule has 194 valence electrons. The lowest BCUT2D eigenvalue weighted by molar-refractivity contribution is 0.0973. The number of carbonyl (C=O) groups is 1. The molecule has 0 radical (unpaired) electrons. The predicted molar refractivity (Wildman–Crippen MR) is 149 cm³/mol. The normalized spacial score (nSPS) is 17.7. The van der Waals surface area contributed by atoms with Crippen LogP contribution in [0.2, 0.25) is 0 Å². The van der Waals surface area contributed by atoms with Crippen LogP contribution in [0.3, 0.4) is 0 Å². The number of benzene rings is 3. The van der Waals surface area contributed by atoms with Crippen LogP contribution < -0.4 is 10.6 Å². The van der Waals surface area contributed by atoms with Crippen LogP contribution >= 0.6 is 0 Å². The maximum absolute atomic E-state index is 13.8. The number of nitrogens with zero attached hydrogens (tertiary/aromatic N) is 4. The van der Waals surface area contributed by atoms with Gasteiger partial charge in [0.1, 0.15) is 5.69 Å². The monoisotopic (exact) mass is 507 g/mol. The van der Waals surface area contributed by atoms with E-state index < -0.39 is 0 Å². The van der Waals surface area contributed by atoms with Crippen LogP contribution in [-0.4, -0.2) is 51.4 Å². The molecule has 0 saturated carbocycles. The van der Waals surface area contributed by atoms with Crippen LogP contribution in [0.25, 0.3) is 16.8 Å². The number of aliphatic hydroxyl groups excluding tert-OH is 1. The Balaban J connectivity index is 1.28. The number of aromatic nitrogens is 2. The van der Waals surface area contributed by atoms with Crippen molar-refractivity contribution in [2.24, 2.45) is 5.73 Å². The van der Waals surface area contributed by atoms with Crippen molar-refractivity contribution in [2.75, 3.05) is 24.5 Å². The highest BCUT2D eigenvalue weighted by molar-refractivity contribution is 6.07. The number of hydrogen-bond donors (Lipinski definition) is 2. The van der Waals surface area contributed by atoms with Gasteiger partial charge in [-0.3, -0.25) is 9.69 Å². The second-order valence-corrected chi connectivity index (χ2v) is 10.3. The van der Waals surface area contributed by atoms with Crippen LogP contribution in [0, 0.1) is 6.92 Å². The molecule has 2 aliphatic heterocycles. The summed E-state index contributed by atoms with van der Waals surface area (Å²) in [5, 5.41) is 14.7. The van der Waals surface area contributed by atoms with Crippen molar-refractivity contribution in [3.8, 4) is 16.8 Å². The second kappa shape index (κ2) is 10.2. The molecule has 1 fully saturated rings. The van der Waals surface area contributed by atoms with Crippen LogP contribution in [-0.2, 0) is 19.5 Å². The molecule has 0 spiro atoms. The Morgan fingerprint density at radius 2 is 1.82 bits per heavy atom. The van der Waals surface area contributed by atoms with E-state index in [9.17, 15) is 9.90 Å². The van der Waals surface area contributed by atoms with Crippen molar-refractivity contribution in [2.45, 2.75) is 39.0 Å². The molecule has 3 aromatic carbocycles. The number of rotatable bonds is 6. The third kappa shape index (κ3) is 4.53. The number of nitrogens with two attached hydrogens (primary N) is 1. The van der Waals surface area contributed by atoms with Crippen molar-refractivity contribution < 1.29 is 9.90 Å². The summed E-state index contributed by atoms with van der Waals surface area (Å²) in [5.41, 5.74) is 14.7. The smallest absolute Gasteiger partial charge is 0.277 e. The van der Waals surface area contributed by atoms with Gasteiger partial charge in [-0.2, -0.15) is 5.10 Å². The highest BCUT2D eigenvalue weighted by atomic mass is 16.3. The number of aliphatic hydroxyl groups is 1. The number of anilines is 1. The summed E-state index contributed by atoms with van der Waals surface area (Å²) in [7, 11) is 0. The first kappa shape index (κ1) is 24.6. The van der Waals surface area contributed by atoms with Gasteiger partial charge in [0.2, 0.25) is 0 Å². The Hall–Kier alpha value is -3.78. The lowest BCUT2D eigenvalue weighted by atomic mass is 9.98. The van der Waals surface area contributed by atoms with E-state index in [4.69, 9.17) is 10.8 Å². The third-order valence-electron chi connectivity index (χ3n) is 7.76. The fraction of sp³-hybridized carbons (Fsp3) is 0.290. The molecule has 1 amide bonds. The van der Waals surface area contributed by atoms with E-state index in [1.165, 1.54) is 11.1 Å². The molecule has 0 bridgehead atoms. The first-order valence-electron chi connectivity index (χ1n) is 13.3. The van der Waals surface area contributed by atoms with Crippen LogP contribution in [0.5, 0.6) is 0 Å². The number of amides is 1. The maximum atomic E-state index is 13.8. The van der Waals surface area contributed by atoms with E-state index in [1.54, 1.807) is 4.68 Å². The average Bonchev–Trinajstić information content (AvgIpc) is 3.52. The molecule has 1 atom stereocenters. The fourth-order valence-corrected chi connectivity index (χ4v) is 5.74. The van der Waals surface area contributed by atoms with Gasteiger partial charge in [0.25, 0.3) is 5.91 Å². The molecule has 2 aliphatic rings. The van der Waals surface area contributed by atoms with Crippen molar-refractivity contribution in [3.05, 3.63) is 101 Å². The number of hydrogen-bond acceptors (Lipinski definition) is 5. The Labute approximate surface area is 223 Å². The molecule has 1 aromatic heterocycles. The van der Waals surface area contributed by atoms with Gasteiger partial charge in [0, 0.05) is 44.0 Å². The second-order valence-electron chi connectivity index (χ2n) is 10.3. The molecule has 3 heterocycles. The Morgan fingerprint density at radius 1 is 1.00 bits per heavy atom. The fourth-order valence-electron chi connectivity index (χ4n) is 5.74. The molecular weight excluding hydrogens is 474 g/mol. The van der Waals surface area contributed by atoms with Crippen molar-refractivity contribution in [1.29, 1.82) is 0 Å². The van der Waals surface area contributed by atoms with E-state index in [2.05, 4.69) is 41.3 Å². The largest absolute Gasteiger partial charge is 0.392 e. The zero-order valence-corrected chi connectivity index (χ0v) is 21.7. The molecule has 1 saturated heterocycles. The summed E-state index contributed by atoms with van der Waals surface area (Å²) in [6.45, 7) is 5.48. The van der Waals surface area contributed by atoms with Gasteiger partial charge in [0.15, 0.2) is 0 Å². The van der Waals surface area contributed by atoms with Crippen LogP contribution in [0.1, 0.15) is 39.3 Å². The topological polar surface area (TPSA) is 87.6 Å². The highest BCUT2D eigenvalue weighted by Gasteiger charge is 2.32. The standard InChI is InChI=1S/C31H33N5O2/c1-21-28-14-16-35(31(38)30(28)36(33-21)26-7-4-5-22(17-26)18-32)25-11-9-23(10-12-25)29-8-3-2-6-24(29)19-34-15-13-27(37)20-34/h2-12,17,27,37H,13-16,18-20,32H2,1H3/t27-/m0/s1. The lowest BCUT2D eigenvalue weighted by Crippen LogP contribution is -2.38. The molecular formula is C31H33N5O2. The minimum Gasteiger partial charge on any atom is -0.392 e. The summed E-state index contributed by atoms with van der Waals surface area (Å²) in [4.78, 5) is 18.0. The van der Waals surface area contributed by atoms with Gasteiger partial charge in [-0.15, -0.1) is 0 Å². The van der Waals surface area contributed by atoms with Gasteiger partial charge < -0.3 is 15.7 Å². The summed E-state index contributed by atoms with van der Waals surface area (Å²) in [6, 6.07) is 24.6. The minimum absolute atomic E-state index is 0.0363. The number of likely N-dealkylation sites (tertiary alicyclic amines) is 1. The molecule has 0 aliphatic carbocycles. The number of carbonyl (C=O) groups excluding carboxylic acids is 1. The molecule has 7 heteroatoms. The number of β-amino-alcohol motifs (C(OH)–C–C–N with tert-alkyl or cyclic N) is 1. The van der Waals surface area contributed by atoms with E-state index in [1.807, 2.05) is 48.2 Å². The first-order chi connectivity index (χ1) is 18.5. The van der Waals surface area contributed by atoms with Crippen molar-refractivity contribution >= 4 is 11.6 Å². The molecule has 6 rings (SSSR count). The molecule has 0 unspecified atom stereocenters. The Kier molecular flexibility index (Phi) is 6.57. The molecule has 7 nitrogen and oxygen atoms in total. The van der Waals surface area contributed by atoms with Crippen LogP contribution in [0.15, 0.2) is 72.8 Å². The van der Waals surface area contributed by atoms with Crippen molar-refractivity contribution in [3.63, 3.8) is 0 Å². The van der Waals surface area contributed by atoms with Crippen molar-refractivity contribution in [1.82, 2.24) is 14.7 Å². The number of fused-ring (bicyclic) bond motifs is 1. The lowest BCUT2D eigenvalue weighted by Gasteiger charge is -2.28. The molecule has 4 aromatic rings. The highest BCUT2D eigenvalue weighted by Crippen LogP contribution is 2.31. The van der Waals surface area contributed by atoms with E-state index >= 15 is 0 Å². The Bertz CT molecular complexity index is 1480. The SMILES string of the molecule is Cc1nn(-c2cccc(CN)c2)c2c1CCN(c1ccc(-c3ccccc3CN3CC[C@H](O)C3)cc1)C2=O. The first-order valence-corrected chi connectivity index (χ1v) is 13.3. The predicted octanol–water partition coefficient (Wildman–Crippen LogP) is 4.08. The zero-order valence-electron chi connectivity index (χ0n) is 21.7. The summed E-state index contributed by atoms with van der Waals surface area (Å²) in [5.74, 6) is -0.0363. The van der Waals surface area contributed by atoms with E-state index in [-0.39, 0.29) is 12.0 Å². The van der Waals surface area contributed by atoms with Crippen LogP contribution in [0.4, 0.5) is 5.69 Å². The van der Waals surface area contributed by atoms with Gasteiger partial charge >= 0.3 is 0 Å². The van der Waals surface area contributed by atoms with Gasteiger partial charge in [-0.1, -0.05) is 48.5 Å². The number of aryl methyl sites for hydroxylation is 1. The Morgan fingerprint density at radius 3 is 2.58 bits per heavy atom. The quantitative estimate of drug-likeness (QED) is 0.411. The van der Waals surface area contributed by atoms with E-state index in [0.717, 1.165) is 66.2 Å². The third-order valence-corrected chi connectivity index (χ3v) is 7.76. The van der Waals surface area contributed by atoms with Gasteiger partial charge in [-0.25, -0.2) is 4.68 Å². The van der Waals surface area contributed by atoms with E-state index in [0.29, 0.717) is 18.8 Å².